The van der Waals surface area contributed by atoms with Gasteiger partial charge in [-0.25, -0.2) is 0 Å². The van der Waals surface area contributed by atoms with Gasteiger partial charge in [0.2, 0.25) is 0 Å². The van der Waals surface area contributed by atoms with Crippen LogP contribution >= 0.6 is 11.6 Å². The number of unbranched alkanes of at least 4 members (excludes halogenated alkanes) is 1. The minimum absolute atomic E-state index is 0.242. The van der Waals surface area contributed by atoms with E-state index in [4.69, 9.17) is 16.0 Å². The van der Waals surface area contributed by atoms with Gasteiger partial charge in [-0.1, -0.05) is 13.3 Å². The zero-order chi connectivity index (χ0) is 13.5. The monoisotopic (exact) mass is 278 g/mol. The third-order valence-corrected chi connectivity index (χ3v) is 4.00. The molecule has 0 saturated heterocycles. The molecular weight excluding hydrogens is 252 g/mol. The molecule has 0 fully saturated rings. The van der Waals surface area contributed by atoms with E-state index >= 15 is 0 Å². The van der Waals surface area contributed by atoms with E-state index in [9.17, 15) is 4.79 Å². The Bertz CT molecular complexity index is 238. The Balaban J connectivity index is 4.64. The van der Waals surface area contributed by atoms with Crippen molar-refractivity contribution in [1.29, 1.82) is 0 Å². The average molecular weight is 279 g/mol. The molecule has 0 aliphatic carbocycles. The van der Waals surface area contributed by atoms with Gasteiger partial charge in [0.05, 0.1) is 0 Å². The van der Waals surface area contributed by atoms with Crippen LogP contribution in [0.15, 0.2) is 0 Å². The van der Waals surface area contributed by atoms with Crippen molar-refractivity contribution in [2.45, 2.75) is 71.2 Å². The smallest absolute Gasteiger partial charge is 0.185 e. The second kappa shape index (κ2) is 7.55. The summed E-state index contributed by atoms with van der Waals surface area (Å²) in [5, 5.41) is 0. The van der Waals surface area contributed by atoms with E-state index in [1.165, 1.54) is 0 Å². The fourth-order valence-electron chi connectivity index (χ4n) is 1.93. The van der Waals surface area contributed by atoms with Crippen LogP contribution in [0.2, 0.25) is 19.6 Å². The lowest BCUT2D eigenvalue weighted by Gasteiger charge is -2.35. The van der Waals surface area contributed by atoms with Gasteiger partial charge in [0.25, 0.3) is 0 Å². The molecule has 0 aliphatic heterocycles. The quantitative estimate of drug-likeness (QED) is 0.462. The second-order valence-electron chi connectivity index (χ2n) is 5.76. The zero-order valence-electron chi connectivity index (χ0n) is 11.9. The highest BCUT2D eigenvalue weighted by atomic mass is 35.5. The molecular formula is C13H27ClO2Si. The van der Waals surface area contributed by atoms with Crippen molar-refractivity contribution >= 4 is 25.7 Å². The first-order valence-electron chi connectivity index (χ1n) is 6.54. The molecule has 0 amide bonds. The summed E-state index contributed by atoms with van der Waals surface area (Å²) in [7, 11) is -1.71. The van der Waals surface area contributed by atoms with Crippen LogP contribution in [-0.4, -0.2) is 25.6 Å². The Labute approximate surface area is 112 Å². The van der Waals surface area contributed by atoms with Gasteiger partial charge < -0.3 is 4.43 Å². The SMILES string of the molecule is CCCCC(=O)C(C)(CCCCl)O[Si](C)(C)C. The van der Waals surface area contributed by atoms with Crippen LogP contribution in [0.1, 0.15) is 46.0 Å². The molecule has 0 spiro atoms. The number of carbonyl (C=O) groups excluding carboxylic acids is 1. The lowest BCUT2D eigenvalue weighted by molar-refractivity contribution is -0.134. The van der Waals surface area contributed by atoms with Gasteiger partial charge in [0.15, 0.2) is 14.1 Å². The first-order chi connectivity index (χ1) is 7.75. The van der Waals surface area contributed by atoms with Crippen molar-refractivity contribution in [3.8, 4) is 0 Å². The van der Waals surface area contributed by atoms with Crippen LogP contribution in [0.25, 0.3) is 0 Å². The predicted octanol–water partition coefficient (Wildman–Crippen LogP) is 4.37. The Hall–Kier alpha value is 0.137. The van der Waals surface area contributed by atoms with Crippen molar-refractivity contribution in [3.63, 3.8) is 0 Å². The van der Waals surface area contributed by atoms with Gasteiger partial charge in [-0.2, -0.15) is 0 Å². The third kappa shape index (κ3) is 7.22. The molecule has 0 aromatic carbocycles. The molecule has 0 aromatic rings. The highest BCUT2D eigenvalue weighted by Crippen LogP contribution is 2.26. The number of hydrogen-bond donors (Lipinski definition) is 0. The molecule has 0 radical (unpaired) electrons. The number of alkyl halides is 1. The molecule has 0 aliphatic rings. The summed E-state index contributed by atoms with van der Waals surface area (Å²) in [6.45, 7) is 10.4. The number of halogens is 1. The van der Waals surface area contributed by atoms with Crippen molar-refractivity contribution in [2.75, 3.05) is 5.88 Å². The van der Waals surface area contributed by atoms with E-state index < -0.39 is 13.9 Å². The molecule has 1 atom stereocenters. The summed E-state index contributed by atoms with van der Waals surface area (Å²) in [6, 6.07) is 0. The highest BCUT2D eigenvalue weighted by molar-refractivity contribution is 6.70. The molecule has 0 rings (SSSR count). The van der Waals surface area contributed by atoms with E-state index in [1.807, 2.05) is 6.92 Å². The van der Waals surface area contributed by atoms with E-state index in [1.54, 1.807) is 0 Å². The highest BCUT2D eigenvalue weighted by Gasteiger charge is 2.36. The maximum Gasteiger partial charge on any atom is 0.185 e. The van der Waals surface area contributed by atoms with Crippen molar-refractivity contribution in [1.82, 2.24) is 0 Å². The Morgan fingerprint density at radius 3 is 2.29 bits per heavy atom. The largest absolute Gasteiger partial charge is 0.405 e. The molecule has 0 aromatic heterocycles. The van der Waals surface area contributed by atoms with Crippen LogP contribution in [0.5, 0.6) is 0 Å². The molecule has 0 bridgehead atoms. The predicted molar refractivity (Wildman–Crippen MR) is 77.3 cm³/mol. The third-order valence-electron chi connectivity index (χ3n) is 2.67. The number of ketones is 1. The number of rotatable bonds is 9. The molecule has 0 N–H and O–H groups in total. The molecule has 1 unspecified atom stereocenters. The van der Waals surface area contributed by atoms with Crippen molar-refractivity contribution in [3.05, 3.63) is 0 Å². The second-order valence-corrected chi connectivity index (χ2v) is 10.6. The van der Waals surface area contributed by atoms with Crippen molar-refractivity contribution in [2.24, 2.45) is 0 Å². The minimum atomic E-state index is -1.71. The van der Waals surface area contributed by atoms with Crippen LogP contribution in [0.3, 0.4) is 0 Å². The maximum absolute atomic E-state index is 12.3. The maximum atomic E-state index is 12.3. The molecule has 0 saturated carbocycles. The van der Waals surface area contributed by atoms with Gasteiger partial charge in [0, 0.05) is 12.3 Å². The van der Waals surface area contributed by atoms with Crippen LogP contribution in [0, 0.1) is 0 Å². The van der Waals surface area contributed by atoms with Crippen LogP contribution in [0.4, 0.5) is 0 Å². The molecule has 4 heteroatoms. The Morgan fingerprint density at radius 2 is 1.88 bits per heavy atom. The van der Waals surface area contributed by atoms with Crippen molar-refractivity contribution < 1.29 is 9.22 Å². The van der Waals surface area contributed by atoms with E-state index in [0.717, 1.165) is 25.7 Å². The zero-order valence-corrected chi connectivity index (χ0v) is 13.7. The molecule has 2 nitrogen and oxygen atoms in total. The summed E-state index contributed by atoms with van der Waals surface area (Å²) in [5.74, 6) is 0.831. The number of hydrogen-bond acceptors (Lipinski definition) is 2. The lowest BCUT2D eigenvalue weighted by atomic mass is 9.92. The van der Waals surface area contributed by atoms with E-state index in [2.05, 4.69) is 26.6 Å². The molecule has 102 valence electrons. The lowest BCUT2D eigenvalue weighted by Crippen LogP contribution is -2.46. The van der Waals surface area contributed by atoms with Gasteiger partial charge >= 0.3 is 0 Å². The van der Waals surface area contributed by atoms with Crippen LogP contribution < -0.4 is 0 Å². The van der Waals surface area contributed by atoms with Gasteiger partial charge in [-0.15, -0.1) is 11.6 Å². The van der Waals surface area contributed by atoms with E-state index in [0.29, 0.717) is 12.3 Å². The average Bonchev–Trinajstić information content (AvgIpc) is 2.20. The summed E-state index contributed by atoms with van der Waals surface area (Å²) in [4.78, 5) is 12.3. The van der Waals surface area contributed by atoms with Gasteiger partial charge in [0.1, 0.15) is 5.60 Å². The fourth-order valence-corrected chi connectivity index (χ4v) is 3.63. The molecule has 0 heterocycles. The summed E-state index contributed by atoms with van der Waals surface area (Å²) < 4.78 is 6.12. The summed E-state index contributed by atoms with van der Waals surface area (Å²) in [5.41, 5.74) is -0.617. The minimum Gasteiger partial charge on any atom is -0.405 e. The summed E-state index contributed by atoms with van der Waals surface area (Å²) in [6.07, 6.45) is 4.19. The number of carbonyl (C=O) groups is 1. The normalized spacial score (nSPS) is 15.6. The van der Waals surface area contributed by atoms with Crippen LogP contribution in [-0.2, 0) is 9.22 Å². The standard InChI is InChI=1S/C13H27ClO2Si/c1-6-7-9-12(15)13(2,10-8-11-14)16-17(3,4)5/h6-11H2,1-5H3. The Morgan fingerprint density at radius 1 is 1.29 bits per heavy atom. The first-order valence-corrected chi connectivity index (χ1v) is 10.5. The summed E-state index contributed by atoms with van der Waals surface area (Å²) >= 11 is 5.73. The topological polar surface area (TPSA) is 26.3 Å². The van der Waals surface area contributed by atoms with E-state index in [-0.39, 0.29) is 5.78 Å². The first kappa shape index (κ1) is 17.1. The van der Waals surface area contributed by atoms with Gasteiger partial charge in [-0.05, 0) is 45.8 Å². The van der Waals surface area contributed by atoms with Gasteiger partial charge in [-0.3, -0.25) is 4.79 Å². The fraction of sp³-hybridized carbons (Fsp3) is 0.923. The number of Topliss-reactive ketones (excluding diaryl/α,β-unsaturated/α-hetero) is 1. The Kier molecular flexibility index (Phi) is 7.61. The molecule has 17 heavy (non-hydrogen) atoms.